The van der Waals surface area contributed by atoms with Crippen molar-refractivity contribution in [2.75, 3.05) is 16.8 Å². The van der Waals surface area contributed by atoms with Crippen molar-refractivity contribution in [3.63, 3.8) is 0 Å². The summed E-state index contributed by atoms with van der Waals surface area (Å²) in [4.78, 5) is 26.5. The van der Waals surface area contributed by atoms with Crippen LogP contribution in [0.2, 0.25) is 5.02 Å². The molecule has 1 aliphatic rings. The highest BCUT2D eigenvalue weighted by Gasteiger charge is 2.35. The zero-order valence-electron chi connectivity index (χ0n) is 14.3. The first kappa shape index (κ1) is 17.5. The molecule has 0 spiro atoms. The fraction of sp³-hybridized carbons (Fsp3) is 0.300. The molecule has 1 aliphatic heterocycles. The van der Waals surface area contributed by atoms with E-state index >= 15 is 0 Å². The molecule has 1 saturated heterocycles. The molecule has 1 fully saturated rings. The van der Waals surface area contributed by atoms with E-state index in [4.69, 9.17) is 11.6 Å². The van der Waals surface area contributed by atoms with Crippen LogP contribution < -0.4 is 10.2 Å². The van der Waals surface area contributed by atoms with E-state index in [2.05, 4.69) is 19.2 Å². The maximum atomic E-state index is 12.5. The van der Waals surface area contributed by atoms with Crippen LogP contribution in [0.3, 0.4) is 0 Å². The Labute approximate surface area is 152 Å². The molecule has 1 N–H and O–H groups in total. The number of benzene rings is 2. The van der Waals surface area contributed by atoms with Gasteiger partial charge in [0.25, 0.3) is 0 Å². The van der Waals surface area contributed by atoms with Crippen LogP contribution in [0.15, 0.2) is 48.5 Å². The average molecular weight is 357 g/mol. The van der Waals surface area contributed by atoms with E-state index < -0.39 is 0 Å². The number of halogens is 1. The first-order valence-electron chi connectivity index (χ1n) is 8.41. The number of para-hydroxylation sites is 1. The molecule has 4 nitrogen and oxygen atoms in total. The van der Waals surface area contributed by atoms with Gasteiger partial charge in [0.05, 0.1) is 16.6 Å². The summed E-state index contributed by atoms with van der Waals surface area (Å²) in [6, 6.07) is 15.0. The van der Waals surface area contributed by atoms with E-state index in [1.54, 1.807) is 23.1 Å². The largest absolute Gasteiger partial charge is 0.324 e. The van der Waals surface area contributed by atoms with Gasteiger partial charge in [0.1, 0.15) is 0 Å². The van der Waals surface area contributed by atoms with E-state index in [1.807, 2.05) is 30.3 Å². The second kappa shape index (κ2) is 7.28. The summed E-state index contributed by atoms with van der Waals surface area (Å²) in [7, 11) is 0. The lowest BCUT2D eigenvalue weighted by Gasteiger charge is -2.18. The monoisotopic (exact) mass is 356 g/mol. The quantitative estimate of drug-likeness (QED) is 0.879. The number of anilines is 2. The van der Waals surface area contributed by atoms with Crippen molar-refractivity contribution >= 4 is 34.8 Å². The van der Waals surface area contributed by atoms with Crippen LogP contribution in [0, 0.1) is 5.92 Å². The van der Waals surface area contributed by atoms with Crippen LogP contribution in [0.1, 0.15) is 31.7 Å². The Bertz CT molecular complexity index is 787. The third kappa shape index (κ3) is 3.85. The second-order valence-corrected chi connectivity index (χ2v) is 7.03. The Hall–Kier alpha value is -2.33. The standard InChI is InChI=1S/C20H21ClN2O2/c1-13(2)14-7-9-16(10-8-14)23-12-15(11-19(23)24)20(25)22-18-6-4-3-5-17(18)21/h3-10,13,15H,11-12H2,1-2H3,(H,22,25)/t15-/m1/s1. The summed E-state index contributed by atoms with van der Waals surface area (Å²) in [6.07, 6.45) is 0.211. The Balaban J connectivity index is 1.69. The summed E-state index contributed by atoms with van der Waals surface area (Å²) < 4.78 is 0. The SMILES string of the molecule is CC(C)c1ccc(N2C[C@H](C(=O)Nc3ccccc3Cl)CC2=O)cc1. The predicted octanol–water partition coefficient (Wildman–Crippen LogP) is 4.46. The topological polar surface area (TPSA) is 49.4 Å². The van der Waals surface area contributed by atoms with Crippen LogP contribution in [-0.4, -0.2) is 18.4 Å². The molecule has 0 bridgehead atoms. The summed E-state index contributed by atoms with van der Waals surface area (Å²) in [5, 5.41) is 3.31. The van der Waals surface area contributed by atoms with Crippen LogP contribution in [0.4, 0.5) is 11.4 Å². The van der Waals surface area contributed by atoms with E-state index in [-0.39, 0.29) is 24.2 Å². The minimum Gasteiger partial charge on any atom is -0.324 e. The Morgan fingerprint density at radius 2 is 1.84 bits per heavy atom. The van der Waals surface area contributed by atoms with E-state index in [0.717, 1.165) is 5.69 Å². The first-order valence-corrected chi connectivity index (χ1v) is 8.79. The number of hydrogen-bond acceptors (Lipinski definition) is 2. The van der Waals surface area contributed by atoms with Gasteiger partial charge in [-0.15, -0.1) is 0 Å². The molecule has 0 radical (unpaired) electrons. The molecule has 5 heteroatoms. The average Bonchev–Trinajstić information content (AvgIpc) is 2.99. The van der Waals surface area contributed by atoms with Crippen molar-refractivity contribution in [3.05, 3.63) is 59.1 Å². The highest BCUT2D eigenvalue weighted by atomic mass is 35.5. The fourth-order valence-electron chi connectivity index (χ4n) is 2.97. The normalized spacial score (nSPS) is 17.2. The molecule has 2 aromatic rings. The predicted molar refractivity (Wildman–Crippen MR) is 101 cm³/mol. The van der Waals surface area contributed by atoms with Gasteiger partial charge in [0.2, 0.25) is 11.8 Å². The molecular weight excluding hydrogens is 336 g/mol. The number of amides is 2. The molecule has 3 rings (SSSR count). The summed E-state index contributed by atoms with van der Waals surface area (Å²) >= 11 is 6.08. The van der Waals surface area contributed by atoms with Gasteiger partial charge < -0.3 is 10.2 Å². The number of rotatable bonds is 4. The molecule has 0 aliphatic carbocycles. The van der Waals surface area contributed by atoms with Crippen LogP contribution in [-0.2, 0) is 9.59 Å². The van der Waals surface area contributed by atoms with Crippen molar-refractivity contribution in [1.29, 1.82) is 0 Å². The van der Waals surface area contributed by atoms with Gasteiger partial charge in [-0.2, -0.15) is 0 Å². The maximum absolute atomic E-state index is 12.5. The highest BCUT2D eigenvalue weighted by Crippen LogP contribution is 2.28. The zero-order chi connectivity index (χ0) is 18.0. The van der Waals surface area contributed by atoms with E-state index in [9.17, 15) is 9.59 Å². The van der Waals surface area contributed by atoms with Crippen LogP contribution in [0.5, 0.6) is 0 Å². The van der Waals surface area contributed by atoms with Crippen LogP contribution in [0.25, 0.3) is 0 Å². The highest BCUT2D eigenvalue weighted by molar-refractivity contribution is 6.33. The lowest BCUT2D eigenvalue weighted by atomic mass is 10.0. The third-order valence-electron chi connectivity index (χ3n) is 4.50. The summed E-state index contributed by atoms with van der Waals surface area (Å²) in [5.41, 5.74) is 2.63. The van der Waals surface area contributed by atoms with Crippen molar-refractivity contribution < 1.29 is 9.59 Å². The molecule has 25 heavy (non-hydrogen) atoms. The Morgan fingerprint density at radius 1 is 1.16 bits per heavy atom. The maximum Gasteiger partial charge on any atom is 0.229 e. The zero-order valence-corrected chi connectivity index (χ0v) is 15.1. The number of nitrogens with one attached hydrogen (secondary N) is 1. The second-order valence-electron chi connectivity index (χ2n) is 6.62. The molecule has 0 aromatic heterocycles. The Morgan fingerprint density at radius 3 is 2.48 bits per heavy atom. The summed E-state index contributed by atoms with van der Waals surface area (Å²) in [5.74, 6) is -0.148. The van der Waals surface area contributed by atoms with E-state index in [0.29, 0.717) is 23.2 Å². The third-order valence-corrected chi connectivity index (χ3v) is 4.83. The lowest BCUT2D eigenvalue weighted by molar-refractivity contribution is -0.122. The number of nitrogens with zero attached hydrogens (tertiary/aromatic N) is 1. The van der Waals surface area contributed by atoms with Gasteiger partial charge in [-0.25, -0.2) is 0 Å². The molecular formula is C20H21ClN2O2. The Kier molecular flexibility index (Phi) is 5.09. The number of carbonyl (C=O) groups is 2. The molecule has 2 amide bonds. The summed E-state index contributed by atoms with van der Waals surface area (Å²) in [6.45, 7) is 4.65. The van der Waals surface area contributed by atoms with Gasteiger partial charge in [-0.3, -0.25) is 9.59 Å². The van der Waals surface area contributed by atoms with Crippen molar-refractivity contribution in [3.8, 4) is 0 Å². The van der Waals surface area contributed by atoms with Crippen molar-refractivity contribution in [2.45, 2.75) is 26.2 Å². The van der Waals surface area contributed by atoms with Crippen molar-refractivity contribution in [2.24, 2.45) is 5.92 Å². The molecule has 0 unspecified atom stereocenters. The van der Waals surface area contributed by atoms with E-state index in [1.165, 1.54) is 5.56 Å². The lowest BCUT2D eigenvalue weighted by Crippen LogP contribution is -2.28. The van der Waals surface area contributed by atoms with Gasteiger partial charge in [0, 0.05) is 18.7 Å². The van der Waals surface area contributed by atoms with Gasteiger partial charge >= 0.3 is 0 Å². The smallest absolute Gasteiger partial charge is 0.229 e. The van der Waals surface area contributed by atoms with Gasteiger partial charge in [-0.1, -0.05) is 49.7 Å². The van der Waals surface area contributed by atoms with Gasteiger partial charge in [-0.05, 0) is 35.7 Å². The van der Waals surface area contributed by atoms with Crippen molar-refractivity contribution in [1.82, 2.24) is 0 Å². The minimum atomic E-state index is -0.381. The fourth-order valence-corrected chi connectivity index (χ4v) is 3.15. The molecule has 2 aromatic carbocycles. The minimum absolute atomic E-state index is 0.0309. The van der Waals surface area contributed by atoms with Crippen LogP contribution >= 0.6 is 11.6 Å². The molecule has 1 atom stereocenters. The number of hydrogen-bond donors (Lipinski definition) is 1. The first-order chi connectivity index (χ1) is 12.0. The molecule has 130 valence electrons. The van der Waals surface area contributed by atoms with Gasteiger partial charge in [0.15, 0.2) is 0 Å². The number of carbonyl (C=O) groups excluding carboxylic acids is 2. The molecule has 0 saturated carbocycles. The molecule has 1 heterocycles.